The van der Waals surface area contributed by atoms with Crippen molar-refractivity contribution in [2.45, 2.75) is 17.7 Å². The van der Waals surface area contributed by atoms with Crippen molar-refractivity contribution in [1.82, 2.24) is 4.31 Å². The largest absolute Gasteiger partial charge is 0.323 e. The Bertz CT molecular complexity index is 929. The average Bonchev–Trinajstić information content (AvgIpc) is 3.14. The third-order valence-corrected chi connectivity index (χ3v) is 6.56. The van der Waals surface area contributed by atoms with Gasteiger partial charge in [0, 0.05) is 13.1 Å². The van der Waals surface area contributed by atoms with E-state index in [2.05, 4.69) is 10.6 Å². The van der Waals surface area contributed by atoms with Crippen molar-refractivity contribution in [3.8, 4) is 0 Å². The zero-order valence-corrected chi connectivity index (χ0v) is 16.0. The number of urea groups is 1. The fourth-order valence-corrected chi connectivity index (χ4v) is 4.57. The highest BCUT2D eigenvalue weighted by Crippen LogP contribution is 2.29. The predicted molar refractivity (Wildman–Crippen MR) is 104 cm³/mol. The Morgan fingerprint density at radius 1 is 0.923 bits per heavy atom. The lowest BCUT2D eigenvalue weighted by atomic mass is 10.3. The zero-order chi connectivity index (χ0) is 18.7. The van der Waals surface area contributed by atoms with Crippen molar-refractivity contribution in [3.63, 3.8) is 0 Å². The first-order valence-corrected chi connectivity index (χ1v) is 10.2. The normalized spacial score (nSPS) is 15.0. The molecule has 0 aliphatic carbocycles. The minimum absolute atomic E-state index is 0.0943. The van der Waals surface area contributed by atoms with E-state index in [1.54, 1.807) is 24.3 Å². The van der Waals surface area contributed by atoms with E-state index in [-0.39, 0.29) is 15.6 Å². The van der Waals surface area contributed by atoms with Crippen molar-refractivity contribution in [2.75, 3.05) is 23.7 Å². The number of sulfonamides is 1. The van der Waals surface area contributed by atoms with Crippen LogP contribution in [-0.4, -0.2) is 31.8 Å². The smallest absolute Gasteiger partial charge is 0.306 e. The highest BCUT2D eigenvalue weighted by Gasteiger charge is 2.27. The number of hydrogen-bond donors (Lipinski definition) is 2. The van der Waals surface area contributed by atoms with Crippen LogP contribution in [0.25, 0.3) is 0 Å². The van der Waals surface area contributed by atoms with Gasteiger partial charge in [-0.15, -0.1) is 0 Å². The van der Waals surface area contributed by atoms with Crippen LogP contribution in [0.2, 0.25) is 10.0 Å². The van der Waals surface area contributed by atoms with Gasteiger partial charge in [0.1, 0.15) is 0 Å². The van der Waals surface area contributed by atoms with Crippen molar-refractivity contribution in [1.29, 1.82) is 0 Å². The molecule has 0 atom stereocenters. The molecule has 26 heavy (non-hydrogen) atoms. The molecule has 0 spiro atoms. The second kappa shape index (κ2) is 7.84. The van der Waals surface area contributed by atoms with Gasteiger partial charge >= 0.3 is 6.03 Å². The Morgan fingerprint density at radius 2 is 1.54 bits per heavy atom. The summed E-state index contributed by atoms with van der Waals surface area (Å²) in [5.41, 5.74) is 0.639. The molecule has 2 aromatic rings. The monoisotopic (exact) mass is 413 g/mol. The molecule has 2 amide bonds. The topological polar surface area (TPSA) is 78.5 Å². The molecule has 0 radical (unpaired) electrons. The summed E-state index contributed by atoms with van der Waals surface area (Å²) in [7, 11) is -3.60. The number of rotatable bonds is 4. The molecule has 0 bridgehead atoms. The van der Waals surface area contributed by atoms with Crippen molar-refractivity contribution in [2.24, 2.45) is 0 Å². The lowest BCUT2D eigenvalue weighted by Crippen LogP contribution is -2.28. The van der Waals surface area contributed by atoms with Gasteiger partial charge in [-0.25, -0.2) is 13.2 Å². The molecule has 2 aromatic carbocycles. The van der Waals surface area contributed by atoms with Gasteiger partial charge < -0.3 is 10.6 Å². The minimum atomic E-state index is -3.60. The van der Waals surface area contributed by atoms with Crippen molar-refractivity contribution in [3.05, 3.63) is 52.5 Å². The van der Waals surface area contributed by atoms with E-state index in [4.69, 9.17) is 23.2 Å². The van der Waals surface area contributed by atoms with Crippen LogP contribution in [-0.2, 0) is 10.0 Å². The fraction of sp³-hybridized carbons (Fsp3) is 0.235. The summed E-state index contributed by atoms with van der Waals surface area (Å²) in [6, 6.07) is 10.5. The molecule has 9 heteroatoms. The standard InChI is InChI=1S/C17H17Cl2N3O3S/c18-13-5-1-2-6-15(13)20-17(23)21-16-11-12(7-8-14(16)19)26(24,25)22-9-3-4-10-22/h1-2,5-8,11H,3-4,9-10H2,(H2,20,21,23). The van der Waals surface area contributed by atoms with Gasteiger partial charge in [-0.2, -0.15) is 4.31 Å². The molecule has 3 rings (SSSR count). The van der Waals surface area contributed by atoms with Crippen LogP contribution in [0.1, 0.15) is 12.8 Å². The summed E-state index contributed by atoms with van der Waals surface area (Å²) in [4.78, 5) is 12.3. The third-order valence-electron chi connectivity index (χ3n) is 4.01. The van der Waals surface area contributed by atoms with E-state index >= 15 is 0 Å². The van der Waals surface area contributed by atoms with Crippen LogP contribution in [0.15, 0.2) is 47.4 Å². The number of carbonyl (C=O) groups excluding carboxylic acids is 1. The minimum Gasteiger partial charge on any atom is -0.306 e. The van der Waals surface area contributed by atoms with E-state index in [1.807, 2.05) is 0 Å². The van der Waals surface area contributed by atoms with Crippen molar-refractivity contribution < 1.29 is 13.2 Å². The number of nitrogens with zero attached hydrogens (tertiary/aromatic N) is 1. The maximum absolute atomic E-state index is 12.7. The quantitative estimate of drug-likeness (QED) is 0.778. The summed E-state index contributed by atoms with van der Waals surface area (Å²) in [6.45, 7) is 1.00. The molecule has 1 saturated heterocycles. The fourth-order valence-electron chi connectivity index (χ4n) is 2.68. The molecule has 1 aliphatic rings. The molecule has 138 valence electrons. The van der Waals surface area contributed by atoms with E-state index in [9.17, 15) is 13.2 Å². The number of carbonyl (C=O) groups is 1. The Kier molecular flexibility index (Phi) is 5.72. The zero-order valence-electron chi connectivity index (χ0n) is 13.7. The lowest BCUT2D eigenvalue weighted by Gasteiger charge is -2.17. The Hall–Kier alpha value is -1.80. The predicted octanol–water partition coefficient (Wildman–Crippen LogP) is 4.42. The van der Waals surface area contributed by atoms with Crippen LogP contribution < -0.4 is 10.6 Å². The third kappa shape index (κ3) is 4.12. The molecule has 0 aromatic heterocycles. The van der Waals surface area contributed by atoms with E-state index < -0.39 is 16.1 Å². The first-order valence-electron chi connectivity index (χ1n) is 8.00. The number of anilines is 2. The highest BCUT2D eigenvalue weighted by atomic mass is 35.5. The highest BCUT2D eigenvalue weighted by molar-refractivity contribution is 7.89. The van der Waals surface area contributed by atoms with Gasteiger partial charge in [-0.05, 0) is 43.2 Å². The summed E-state index contributed by atoms with van der Waals surface area (Å²) in [6.07, 6.45) is 1.69. The van der Waals surface area contributed by atoms with Gasteiger partial charge in [-0.3, -0.25) is 0 Å². The number of nitrogens with one attached hydrogen (secondary N) is 2. The van der Waals surface area contributed by atoms with Crippen molar-refractivity contribution >= 4 is 50.6 Å². The molecule has 1 fully saturated rings. The lowest BCUT2D eigenvalue weighted by molar-refractivity contribution is 0.262. The Morgan fingerprint density at radius 3 is 2.23 bits per heavy atom. The number of hydrogen-bond acceptors (Lipinski definition) is 3. The molecular weight excluding hydrogens is 397 g/mol. The van der Waals surface area contributed by atoms with Gasteiger partial charge in [-0.1, -0.05) is 35.3 Å². The van der Waals surface area contributed by atoms with Gasteiger partial charge in [0.15, 0.2) is 0 Å². The summed E-state index contributed by atoms with van der Waals surface area (Å²) >= 11 is 12.1. The summed E-state index contributed by atoms with van der Waals surface area (Å²) in [5, 5.41) is 5.79. The number of halogens is 2. The first kappa shape index (κ1) is 19.0. The van der Waals surface area contributed by atoms with Gasteiger partial charge in [0.05, 0.1) is 26.3 Å². The Labute approximate surface area is 162 Å². The van der Waals surface area contributed by atoms with E-state index in [1.165, 1.54) is 22.5 Å². The van der Waals surface area contributed by atoms with Crippen LogP contribution in [0, 0.1) is 0 Å². The number of para-hydroxylation sites is 1. The van der Waals surface area contributed by atoms with Crippen LogP contribution in [0.5, 0.6) is 0 Å². The van der Waals surface area contributed by atoms with Crippen LogP contribution in [0.4, 0.5) is 16.2 Å². The number of benzene rings is 2. The molecule has 1 aliphatic heterocycles. The van der Waals surface area contributed by atoms with E-state index in [0.717, 1.165) is 12.8 Å². The van der Waals surface area contributed by atoms with E-state index in [0.29, 0.717) is 23.8 Å². The SMILES string of the molecule is O=C(Nc1ccccc1Cl)Nc1cc(S(=O)(=O)N2CCCC2)ccc1Cl. The molecule has 0 unspecified atom stereocenters. The number of amides is 2. The molecule has 0 saturated carbocycles. The maximum Gasteiger partial charge on any atom is 0.323 e. The van der Waals surface area contributed by atoms with Crippen LogP contribution >= 0.6 is 23.2 Å². The maximum atomic E-state index is 12.7. The molecule has 2 N–H and O–H groups in total. The van der Waals surface area contributed by atoms with Gasteiger partial charge in [0.2, 0.25) is 10.0 Å². The molecular formula is C17H17Cl2N3O3S. The Balaban J connectivity index is 1.80. The summed E-state index contributed by atoms with van der Waals surface area (Å²) < 4.78 is 26.7. The van der Waals surface area contributed by atoms with Crippen LogP contribution in [0.3, 0.4) is 0 Å². The van der Waals surface area contributed by atoms with Gasteiger partial charge in [0.25, 0.3) is 0 Å². The average molecular weight is 414 g/mol. The molecule has 6 nitrogen and oxygen atoms in total. The second-order valence-corrected chi connectivity index (χ2v) is 8.56. The molecule has 1 heterocycles. The first-order chi connectivity index (χ1) is 12.4. The summed E-state index contributed by atoms with van der Waals surface area (Å²) in [5.74, 6) is 0. The second-order valence-electron chi connectivity index (χ2n) is 5.81.